The predicted molar refractivity (Wildman–Crippen MR) is 121 cm³/mol. The Morgan fingerprint density at radius 3 is 2.50 bits per heavy atom. The Balaban J connectivity index is 1.62. The molecule has 4 heteroatoms. The van der Waals surface area contributed by atoms with Gasteiger partial charge in [-0.25, -0.2) is 0 Å². The Labute approximate surface area is 180 Å². The van der Waals surface area contributed by atoms with Gasteiger partial charge in [-0.2, -0.15) is 0 Å². The first-order valence-corrected chi connectivity index (χ1v) is 10.6. The lowest BCUT2D eigenvalue weighted by molar-refractivity contribution is -0.146. The lowest BCUT2D eigenvalue weighted by Crippen LogP contribution is -2.34. The molecule has 1 aromatic heterocycles. The number of aromatic nitrogens is 1. The number of carbonyl (C=O) groups is 1. The molecule has 3 aromatic rings. The monoisotopic (exact) mass is 404 g/mol. The topological polar surface area (TPSA) is 34.5 Å². The smallest absolute Gasteiger partial charge is 0.320 e. The van der Waals surface area contributed by atoms with Gasteiger partial charge in [0.2, 0.25) is 0 Å². The molecular weight excluding hydrogens is 372 g/mol. The summed E-state index contributed by atoms with van der Waals surface area (Å²) in [4.78, 5) is 14.7. The molecule has 0 aliphatic heterocycles. The van der Waals surface area contributed by atoms with Crippen molar-refractivity contribution in [2.45, 2.75) is 40.5 Å². The molecule has 0 amide bonds. The highest BCUT2D eigenvalue weighted by Crippen LogP contribution is 2.13. The van der Waals surface area contributed by atoms with Gasteiger partial charge in [-0.15, -0.1) is 0 Å². The fourth-order valence-corrected chi connectivity index (χ4v) is 3.65. The molecule has 0 unspecified atom stereocenters. The van der Waals surface area contributed by atoms with Crippen molar-refractivity contribution >= 4 is 5.97 Å². The average Bonchev–Trinajstić information content (AvgIpc) is 3.13. The third-order valence-corrected chi connectivity index (χ3v) is 4.96. The third-order valence-electron chi connectivity index (χ3n) is 4.96. The Hall–Kier alpha value is -2.85. The minimum absolute atomic E-state index is 0.184. The Morgan fingerprint density at radius 1 is 1.00 bits per heavy atom. The van der Waals surface area contributed by atoms with Gasteiger partial charge in [0, 0.05) is 31.5 Å². The number of rotatable bonds is 10. The maximum atomic E-state index is 12.5. The van der Waals surface area contributed by atoms with Gasteiger partial charge in [0.05, 0.1) is 6.54 Å². The van der Waals surface area contributed by atoms with E-state index in [0.717, 1.165) is 25.2 Å². The van der Waals surface area contributed by atoms with E-state index in [2.05, 4.69) is 72.8 Å². The van der Waals surface area contributed by atoms with Gasteiger partial charge < -0.3 is 9.30 Å². The lowest BCUT2D eigenvalue weighted by atomic mass is 10.1. The van der Waals surface area contributed by atoms with E-state index in [0.29, 0.717) is 19.1 Å². The van der Waals surface area contributed by atoms with Crippen LogP contribution in [-0.4, -0.2) is 28.5 Å². The summed E-state index contributed by atoms with van der Waals surface area (Å²) in [7, 11) is 0. The zero-order valence-corrected chi connectivity index (χ0v) is 18.3. The molecule has 0 fully saturated rings. The van der Waals surface area contributed by atoms with Gasteiger partial charge in [-0.05, 0) is 36.1 Å². The predicted octanol–water partition coefficient (Wildman–Crippen LogP) is 5.05. The van der Waals surface area contributed by atoms with E-state index in [1.54, 1.807) is 0 Å². The molecule has 0 aliphatic rings. The van der Waals surface area contributed by atoms with Crippen molar-refractivity contribution in [3.8, 4) is 0 Å². The summed E-state index contributed by atoms with van der Waals surface area (Å²) < 4.78 is 7.77. The first-order valence-electron chi connectivity index (χ1n) is 10.6. The molecule has 0 N–H and O–H groups in total. The zero-order chi connectivity index (χ0) is 21.3. The molecule has 0 saturated heterocycles. The van der Waals surface area contributed by atoms with E-state index < -0.39 is 0 Å². The van der Waals surface area contributed by atoms with Crippen LogP contribution in [0.15, 0.2) is 72.9 Å². The first-order chi connectivity index (χ1) is 14.5. The molecule has 0 atom stereocenters. The van der Waals surface area contributed by atoms with Crippen molar-refractivity contribution in [3.05, 3.63) is 95.3 Å². The van der Waals surface area contributed by atoms with Crippen LogP contribution in [0.5, 0.6) is 0 Å². The summed E-state index contributed by atoms with van der Waals surface area (Å²) in [6, 6.07) is 22.6. The molecule has 0 radical (unpaired) electrons. The first kappa shape index (κ1) is 21.8. The second-order valence-corrected chi connectivity index (χ2v) is 8.33. The van der Waals surface area contributed by atoms with Crippen LogP contribution < -0.4 is 0 Å². The van der Waals surface area contributed by atoms with Gasteiger partial charge in [0.1, 0.15) is 6.61 Å². The third kappa shape index (κ3) is 6.89. The molecule has 158 valence electrons. The van der Waals surface area contributed by atoms with Crippen LogP contribution in [-0.2, 0) is 29.2 Å². The average molecular weight is 405 g/mol. The maximum absolute atomic E-state index is 12.5. The highest BCUT2D eigenvalue weighted by molar-refractivity contribution is 5.71. The van der Waals surface area contributed by atoms with Crippen LogP contribution in [0.3, 0.4) is 0 Å². The van der Waals surface area contributed by atoms with Crippen molar-refractivity contribution in [1.29, 1.82) is 0 Å². The van der Waals surface area contributed by atoms with E-state index in [1.807, 2.05) is 30.3 Å². The van der Waals surface area contributed by atoms with E-state index in [1.165, 1.54) is 16.8 Å². The van der Waals surface area contributed by atoms with Crippen LogP contribution in [0.25, 0.3) is 0 Å². The minimum atomic E-state index is -0.184. The van der Waals surface area contributed by atoms with Gasteiger partial charge >= 0.3 is 5.97 Å². The number of nitrogens with zero attached hydrogens (tertiary/aromatic N) is 2. The second-order valence-electron chi connectivity index (χ2n) is 8.33. The highest BCUT2D eigenvalue weighted by atomic mass is 16.5. The van der Waals surface area contributed by atoms with Crippen molar-refractivity contribution in [2.75, 3.05) is 13.1 Å². The number of aryl methyl sites for hydroxylation is 1. The summed E-state index contributed by atoms with van der Waals surface area (Å²) >= 11 is 0. The van der Waals surface area contributed by atoms with Crippen LogP contribution in [0.2, 0.25) is 0 Å². The highest BCUT2D eigenvalue weighted by Gasteiger charge is 2.16. The quantitative estimate of drug-likeness (QED) is 0.444. The molecule has 1 heterocycles. The SMILES string of the molecule is Cc1cccc(Cn2cccc2CN(CC(=O)OCc2ccccc2)CC(C)C)c1. The van der Waals surface area contributed by atoms with E-state index in [9.17, 15) is 4.79 Å². The van der Waals surface area contributed by atoms with Crippen molar-refractivity contribution < 1.29 is 9.53 Å². The fourth-order valence-electron chi connectivity index (χ4n) is 3.65. The Kier molecular flexibility index (Phi) is 7.86. The van der Waals surface area contributed by atoms with Gasteiger partial charge in [0.15, 0.2) is 0 Å². The van der Waals surface area contributed by atoms with Crippen LogP contribution in [0, 0.1) is 12.8 Å². The van der Waals surface area contributed by atoms with Gasteiger partial charge in [0.25, 0.3) is 0 Å². The van der Waals surface area contributed by atoms with E-state index in [4.69, 9.17) is 4.74 Å². The Morgan fingerprint density at radius 2 is 1.77 bits per heavy atom. The standard InChI is InChI=1S/C26H32N2O2/c1-21(2)16-27(19-26(29)30-20-23-10-5-4-6-11-23)18-25-13-8-14-28(25)17-24-12-7-9-22(3)15-24/h4-15,21H,16-20H2,1-3H3. The van der Waals surface area contributed by atoms with E-state index in [-0.39, 0.29) is 5.97 Å². The van der Waals surface area contributed by atoms with Crippen molar-refractivity contribution in [2.24, 2.45) is 5.92 Å². The van der Waals surface area contributed by atoms with Crippen molar-refractivity contribution in [3.63, 3.8) is 0 Å². The molecule has 0 spiro atoms. The minimum Gasteiger partial charge on any atom is -0.460 e. The van der Waals surface area contributed by atoms with Gasteiger partial charge in [-0.3, -0.25) is 9.69 Å². The molecular formula is C26H32N2O2. The molecule has 0 saturated carbocycles. The number of hydrogen-bond donors (Lipinski definition) is 0. The lowest BCUT2D eigenvalue weighted by Gasteiger charge is -2.24. The number of hydrogen-bond acceptors (Lipinski definition) is 3. The van der Waals surface area contributed by atoms with Crippen LogP contribution in [0.4, 0.5) is 0 Å². The van der Waals surface area contributed by atoms with Crippen molar-refractivity contribution in [1.82, 2.24) is 9.47 Å². The number of esters is 1. The molecule has 3 rings (SSSR count). The number of ether oxygens (including phenoxy) is 1. The summed E-state index contributed by atoms with van der Waals surface area (Å²) in [5.41, 5.74) is 4.76. The second kappa shape index (κ2) is 10.8. The zero-order valence-electron chi connectivity index (χ0n) is 18.3. The summed E-state index contributed by atoms with van der Waals surface area (Å²) in [5, 5.41) is 0. The molecule has 2 aromatic carbocycles. The van der Waals surface area contributed by atoms with Crippen LogP contribution in [0.1, 0.15) is 36.2 Å². The summed E-state index contributed by atoms with van der Waals surface area (Å²) in [6.07, 6.45) is 2.11. The number of benzene rings is 2. The molecule has 0 bridgehead atoms. The van der Waals surface area contributed by atoms with E-state index >= 15 is 0 Å². The summed E-state index contributed by atoms with van der Waals surface area (Å²) in [5.74, 6) is 0.281. The molecule has 30 heavy (non-hydrogen) atoms. The largest absolute Gasteiger partial charge is 0.460 e. The summed E-state index contributed by atoms with van der Waals surface area (Å²) in [6.45, 7) is 9.47. The maximum Gasteiger partial charge on any atom is 0.320 e. The molecule has 0 aliphatic carbocycles. The number of carbonyl (C=O) groups excluding carboxylic acids is 1. The van der Waals surface area contributed by atoms with Crippen LogP contribution >= 0.6 is 0 Å². The normalized spacial score (nSPS) is 11.2. The Bertz CT molecular complexity index is 931. The van der Waals surface area contributed by atoms with Gasteiger partial charge in [-0.1, -0.05) is 74.0 Å². The fraction of sp³-hybridized carbons (Fsp3) is 0.346. The molecule has 4 nitrogen and oxygen atoms in total.